The van der Waals surface area contributed by atoms with Crippen LogP contribution in [-0.4, -0.2) is 60.6 Å². The Morgan fingerprint density at radius 1 is 1.22 bits per heavy atom. The topological polar surface area (TPSA) is 32.8 Å². The second-order valence-corrected chi connectivity index (χ2v) is 6.09. The lowest BCUT2D eigenvalue weighted by Crippen LogP contribution is -2.70. The standard InChI is InChI=1S/C14H24N2O2/c1-2-18-13(17)3-4-15-5-7-16(8-6-15)14-9-12(10-14)11-14/h12H,2-11H2,1H3. The first-order chi connectivity index (χ1) is 8.72. The highest BCUT2D eigenvalue weighted by molar-refractivity contribution is 5.69. The summed E-state index contributed by atoms with van der Waals surface area (Å²) in [4.78, 5) is 16.4. The molecule has 2 bridgehead atoms. The Bertz CT molecular complexity index is 307. The minimum absolute atomic E-state index is 0.0562. The Morgan fingerprint density at radius 2 is 1.89 bits per heavy atom. The highest BCUT2D eigenvalue weighted by atomic mass is 16.5. The third-order valence-corrected chi connectivity index (χ3v) is 4.99. The summed E-state index contributed by atoms with van der Waals surface area (Å²) in [6.07, 6.45) is 4.91. The Kier molecular flexibility index (Phi) is 3.32. The van der Waals surface area contributed by atoms with Crippen molar-refractivity contribution in [1.29, 1.82) is 0 Å². The van der Waals surface area contributed by atoms with Gasteiger partial charge in [0.25, 0.3) is 0 Å². The molecule has 4 heteroatoms. The molecule has 0 aromatic rings. The van der Waals surface area contributed by atoms with E-state index in [0.717, 1.165) is 25.6 Å². The van der Waals surface area contributed by atoms with Gasteiger partial charge in [-0.1, -0.05) is 0 Å². The van der Waals surface area contributed by atoms with Crippen LogP contribution in [0.1, 0.15) is 32.6 Å². The zero-order valence-corrected chi connectivity index (χ0v) is 11.4. The fraction of sp³-hybridized carbons (Fsp3) is 0.929. The summed E-state index contributed by atoms with van der Waals surface area (Å²) in [6.45, 7) is 7.84. The number of nitrogens with zero attached hydrogens (tertiary/aromatic N) is 2. The van der Waals surface area contributed by atoms with Crippen LogP contribution in [0.25, 0.3) is 0 Å². The van der Waals surface area contributed by atoms with Gasteiger partial charge in [0.05, 0.1) is 13.0 Å². The van der Waals surface area contributed by atoms with E-state index in [1.165, 1.54) is 32.4 Å². The van der Waals surface area contributed by atoms with Crippen molar-refractivity contribution in [2.24, 2.45) is 5.92 Å². The number of hydrogen-bond donors (Lipinski definition) is 0. The van der Waals surface area contributed by atoms with Gasteiger partial charge in [-0.3, -0.25) is 9.69 Å². The molecule has 18 heavy (non-hydrogen) atoms. The van der Waals surface area contributed by atoms with Crippen LogP contribution in [0.15, 0.2) is 0 Å². The van der Waals surface area contributed by atoms with E-state index in [0.29, 0.717) is 18.6 Å². The van der Waals surface area contributed by atoms with Crippen molar-refractivity contribution in [3.63, 3.8) is 0 Å². The lowest BCUT2D eigenvalue weighted by Gasteiger charge is -2.67. The van der Waals surface area contributed by atoms with Crippen LogP contribution >= 0.6 is 0 Å². The highest BCUT2D eigenvalue weighted by Gasteiger charge is 2.59. The Morgan fingerprint density at radius 3 is 2.39 bits per heavy atom. The second-order valence-electron chi connectivity index (χ2n) is 6.09. The molecule has 4 aliphatic rings. The molecule has 4 nitrogen and oxygen atoms in total. The zero-order valence-electron chi connectivity index (χ0n) is 11.4. The Labute approximate surface area is 109 Å². The zero-order chi connectivity index (χ0) is 12.6. The summed E-state index contributed by atoms with van der Waals surface area (Å²) in [7, 11) is 0. The fourth-order valence-electron chi connectivity index (χ4n) is 3.75. The molecule has 0 amide bonds. The quantitative estimate of drug-likeness (QED) is 0.686. The van der Waals surface area contributed by atoms with Crippen LogP contribution in [0.5, 0.6) is 0 Å². The highest BCUT2D eigenvalue weighted by Crippen LogP contribution is 2.60. The van der Waals surface area contributed by atoms with Crippen LogP contribution in [0.2, 0.25) is 0 Å². The SMILES string of the molecule is CCOC(=O)CCN1CCN(C23CC(C2)C3)CC1. The normalized spacial score (nSPS) is 35.7. The lowest BCUT2D eigenvalue weighted by atomic mass is 9.49. The van der Waals surface area contributed by atoms with Crippen LogP contribution in [0.4, 0.5) is 0 Å². The molecule has 1 aliphatic heterocycles. The van der Waals surface area contributed by atoms with Crippen molar-refractivity contribution in [2.75, 3.05) is 39.3 Å². The Balaban J connectivity index is 1.36. The first-order valence-corrected chi connectivity index (χ1v) is 7.35. The maximum atomic E-state index is 11.3. The number of rotatable bonds is 5. The lowest BCUT2D eigenvalue weighted by molar-refractivity contribution is -0.156. The number of carbonyl (C=O) groups excluding carboxylic acids is 1. The molecule has 1 heterocycles. The van der Waals surface area contributed by atoms with Gasteiger partial charge in [-0.15, -0.1) is 0 Å². The van der Waals surface area contributed by atoms with E-state index in [2.05, 4.69) is 9.80 Å². The summed E-state index contributed by atoms with van der Waals surface area (Å²) < 4.78 is 4.97. The smallest absolute Gasteiger partial charge is 0.307 e. The van der Waals surface area contributed by atoms with Crippen LogP contribution in [-0.2, 0) is 9.53 Å². The monoisotopic (exact) mass is 252 g/mol. The molecule has 0 spiro atoms. The predicted molar refractivity (Wildman–Crippen MR) is 69.3 cm³/mol. The van der Waals surface area contributed by atoms with E-state index >= 15 is 0 Å². The molecule has 102 valence electrons. The number of ether oxygens (including phenoxy) is 1. The molecule has 1 saturated heterocycles. The number of carbonyl (C=O) groups is 1. The van der Waals surface area contributed by atoms with Gasteiger partial charge in [-0.25, -0.2) is 0 Å². The Hall–Kier alpha value is -0.610. The summed E-state index contributed by atoms with van der Waals surface area (Å²) >= 11 is 0. The molecule has 0 aromatic heterocycles. The molecule has 3 saturated carbocycles. The van der Waals surface area contributed by atoms with Gasteiger partial charge in [-0.2, -0.15) is 0 Å². The number of esters is 1. The van der Waals surface area contributed by atoms with Crippen molar-refractivity contribution in [3.05, 3.63) is 0 Å². The van der Waals surface area contributed by atoms with Gasteiger partial charge in [0, 0.05) is 38.3 Å². The molecule has 0 atom stereocenters. The number of hydrogen-bond acceptors (Lipinski definition) is 4. The molecule has 0 N–H and O–H groups in total. The van der Waals surface area contributed by atoms with E-state index in [4.69, 9.17) is 4.74 Å². The fourth-order valence-corrected chi connectivity index (χ4v) is 3.75. The molecular weight excluding hydrogens is 228 g/mol. The third-order valence-electron chi connectivity index (χ3n) is 4.99. The van der Waals surface area contributed by atoms with E-state index in [1.54, 1.807) is 0 Å². The van der Waals surface area contributed by atoms with Crippen molar-refractivity contribution in [3.8, 4) is 0 Å². The van der Waals surface area contributed by atoms with Gasteiger partial charge in [0.2, 0.25) is 0 Å². The minimum atomic E-state index is -0.0562. The summed E-state index contributed by atoms with van der Waals surface area (Å²) in [6, 6.07) is 0. The molecule has 0 unspecified atom stereocenters. The predicted octanol–water partition coefficient (Wildman–Crippen LogP) is 1.11. The summed E-state index contributed by atoms with van der Waals surface area (Å²) in [5.41, 5.74) is 0.623. The van der Waals surface area contributed by atoms with Gasteiger partial charge >= 0.3 is 5.97 Å². The average Bonchev–Trinajstić information content (AvgIpc) is 2.24. The first-order valence-electron chi connectivity index (χ1n) is 7.35. The molecule has 4 fully saturated rings. The van der Waals surface area contributed by atoms with Crippen LogP contribution in [0, 0.1) is 5.92 Å². The van der Waals surface area contributed by atoms with E-state index in [9.17, 15) is 4.79 Å². The van der Waals surface area contributed by atoms with Gasteiger partial charge in [0.15, 0.2) is 0 Å². The maximum absolute atomic E-state index is 11.3. The van der Waals surface area contributed by atoms with Gasteiger partial charge in [-0.05, 0) is 32.1 Å². The van der Waals surface area contributed by atoms with Crippen LogP contribution in [0.3, 0.4) is 0 Å². The van der Waals surface area contributed by atoms with Crippen molar-refractivity contribution in [1.82, 2.24) is 9.80 Å². The van der Waals surface area contributed by atoms with Crippen molar-refractivity contribution >= 4 is 5.97 Å². The first kappa shape index (κ1) is 12.4. The average molecular weight is 252 g/mol. The third kappa shape index (κ3) is 2.16. The van der Waals surface area contributed by atoms with Gasteiger partial charge in [0.1, 0.15) is 0 Å². The number of piperazine rings is 1. The van der Waals surface area contributed by atoms with E-state index in [-0.39, 0.29) is 5.97 Å². The molecule has 4 rings (SSSR count). The maximum Gasteiger partial charge on any atom is 0.307 e. The molecule has 0 aromatic carbocycles. The molecule has 3 aliphatic carbocycles. The molecule has 0 radical (unpaired) electrons. The van der Waals surface area contributed by atoms with Crippen molar-refractivity contribution < 1.29 is 9.53 Å². The van der Waals surface area contributed by atoms with E-state index in [1.807, 2.05) is 6.92 Å². The minimum Gasteiger partial charge on any atom is -0.466 e. The van der Waals surface area contributed by atoms with E-state index < -0.39 is 0 Å². The van der Waals surface area contributed by atoms with Crippen molar-refractivity contribution in [2.45, 2.75) is 38.1 Å². The summed E-state index contributed by atoms with van der Waals surface area (Å²) in [5.74, 6) is 1.01. The summed E-state index contributed by atoms with van der Waals surface area (Å²) in [5, 5.41) is 0. The second kappa shape index (κ2) is 4.82. The largest absolute Gasteiger partial charge is 0.466 e. The molecular formula is C14H24N2O2. The van der Waals surface area contributed by atoms with Crippen LogP contribution < -0.4 is 0 Å². The van der Waals surface area contributed by atoms with Gasteiger partial charge < -0.3 is 9.64 Å².